The van der Waals surface area contributed by atoms with Gasteiger partial charge in [0, 0.05) is 75.3 Å². The van der Waals surface area contributed by atoms with E-state index in [1.54, 1.807) is 22.0 Å². The first-order valence-electron chi connectivity index (χ1n) is 33.1. The second-order valence-electron chi connectivity index (χ2n) is 27.4. The Morgan fingerprint density at radius 2 is 1.05 bits per heavy atom. The van der Waals surface area contributed by atoms with Crippen LogP contribution in [0.15, 0.2) is 43.9 Å². The molecule has 8 rings (SSSR count). The Balaban J connectivity index is 0.000000289. The van der Waals surface area contributed by atoms with E-state index in [9.17, 15) is 47.9 Å². The molecule has 4 N–H and O–H groups in total. The molecule has 0 radical (unpaired) electrons. The first kappa shape index (κ1) is 70.2. The van der Waals surface area contributed by atoms with Crippen LogP contribution in [0.3, 0.4) is 0 Å². The minimum atomic E-state index is -0.735. The molecule has 0 bridgehead atoms. The van der Waals surface area contributed by atoms with Gasteiger partial charge < -0.3 is 26.0 Å². The maximum atomic E-state index is 14.6. The number of hydrogen-bond donors (Lipinski definition) is 3. The van der Waals surface area contributed by atoms with Crippen LogP contribution in [-0.2, 0) is 47.9 Å². The van der Waals surface area contributed by atoms with E-state index in [2.05, 4.69) is 56.1 Å². The summed E-state index contributed by atoms with van der Waals surface area (Å²) in [7, 11) is 0. The summed E-state index contributed by atoms with van der Waals surface area (Å²) in [5, 5.41) is 9.87. The fraction of sp³-hybridized carbons (Fsp3) is 0.725. The molecular weight excluding hydrogens is 1100 g/mol. The normalized spacial score (nSPS) is 29.3. The van der Waals surface area contributed by atoms with Crippen molar-refractivity contribution >= 4 is 64.7 Å². The van der Waals surface area contributed by atoms with Crippen molar-refractivity contribution in [1.29, 1.82) is 0 Å². The van der Waals surface area contributed by atoms with Crippen molar-refractivity contribution in [2.75, 3.05) is 13.1 Å². The van der Waals surface area contributed by atoms with Crippen molar-refractivity contribution in [2.24, 2.45) is 63.9 Å². The van der Waals surface area contributed by atoms with E-state index in [0.717, 1.165) is 122 Å². The largest absolute Gasteiger partial charge is 0.483 e. The van der Waals surface area contributed by atoms with E-state index in [1.807, 2.05) is 0 Å². The van der Waals surface area contributed by atoms with E-state index >= 15 is 0 Å². The molecule has 7 fully saturated rings. The molecule has 0 spiro atoms. The molecule has 1 aromatic heterocycles. The van der Waals surface area contributed by atoms with Gasteiger partial charge in [0.05, 0.1) is 30.4 Å². The molecular formula is C69H102N6O12. The highest BCUT2D eigenvalue weighted by Crippen LogP contribution is 2.66. The number of piperidine rings is 2. The summed E-state index contributed by atoms with van der Waals surface area (Å²) in [5.41, 5.74) is 6.31. The first-order valence-corrected chi connectivity index (χ1v) is 33.1. The second kappa shape index (κ2) is 33.6. The smallest absolute Gasteiger partial charge is 0.290 e. The molecule has 87 heavy (non-hydrogen) atoms. The zero-order valence-electron chi connectivity index (χ0n) is 52.7. The molecule has 4 saturated heterocycles. The van der Waals surface area contributed by atoms with Gasteiger partial charge in [0.1, 0.15) is 5.69 Å². The Hall–Kier alpha value is -5.91. The van der Waals surface area contributed by atoms with Crippen LogP contribution in [0.2, 0.25) is 0 Å². The highest BCUT2D eigenvalue weighted by Gasteiger charge is 2.70. The minimum absolute atomic E-state index is 0.00417. The zero-order valence-corrected chi connectivity index (χ0v) is 52.7. The fourth-order valence-corrected chi connectivity index (χ4v) is 15.4. The number of amides is 3. The Morgan fingerprint density at radius 3 is 1.49 bits per heavy atom. The summed E-state index contributed by atoms with van der Waals surface area (Å²) < 4.78 is 0. The average Bonchev–Trinajstić information content (AvgIpc) is 1.54. The molecule has 3 aliphatic carbocycles. The van der Waals surface area contributed by atoms with Crippen LogP contribution < -0.4 is 11.1 Å². The molecule has 18 heteroatoms. The number of hydrogen-bond acceptors (Lipinski definition) is 14. The molecule has 7 aliphatic rings. The van der Waals surface area contributed by atoms with Gasteiger partial charge in [-0.05, 0) is 91.8 Å². The fourth-order valence-electron chi connectivity index (χ4n) is 15.4. The highest BCUT2D eigenvalue weighted by atomic mass is 16.3. The summed E-state index contributed by atoms with van der Waals surface area (Å²) in [5.74, 6) is -4.24. The van der Waals surface area contributed by atoms with Crippen molar-refractivity contribution in [3.8, 4) is 0 Å². The number of nitrogens with one attached hydrogen (secondary N) is 1. The monoisotopic (exact) mass is 1210 g/mol. The van der Waals surface area contributed by atoms with E-state index in [0.29, 0.717) is 57.5 Å². The van der Waals surface area contributed by atoms with Crippen LogP contribution in [-0.4, -0.2) is 127 Å². The molecule has 18 nitrogen and oxygen atoms in total. The molecule has 0 aromatic carbocycles. The van der Waals surface area contributed by atoms with Crippen LogP contribution in [0, 0.1) is 58.2 Å². The number of carboxylic acid groups (broad SMARTS) is 1. The summed E-state index contributed by atoms with van der Waals surface area (Å²) in [4.78, 5) is 155. The van der Waals surface area contributed by atoms with Gasteiger partial charge in [0.25, 0.3) is 12.4 Å². The summed E-state index contributed by atoms with van der Waals surface area (Å²) >= 11 is 0. The minimum Gasteiger partial charge on any atom is -0.483 e. The number of rotatable bonds is 16. The summed E-state index contributed by atoms with van der Waals surface area (Å²) in [6, 6.07) is -2.50. The van der Waals surface area contributed by atoms with Gasteiger partial charge in [-0.1, -0.05) is 149 Å². The molecule has 11 atom stereocenters. The molecule has 5 heterocycles. The zero-order chi connectivity index (χ0) is 63.4. The molecule has 3 amide bonds. The van der Waals surface area contributed by atoms with Crippen LogP contribution in [0.4, 0.5) is 0 Å². The second-order valence-corrected chi connectivity index (χ2v) is 27.4. The number of carbonyl (C=O) groups is 11. The van der Waals surface area contributed by atoms with E-state index in [1.165, 1.54) is 18.6 Å². The summed E-state index contributed by atoms with van der Waals surface area (Å²) in [6.07, 6.45) is 29.3. The Bertz CT molecular complexity index is 2600. The maximum absolute atomic E-state index is 14.6. The van der Waals surface area contributed by atoms with Crippen molar-refractivity contribution in [1.82, 2.24) is 25.1 Å². The third-order valence-electron chi connectivity index (χ3n) is 20.8. The first-order chi connectivity index (χ1) is 41.6. The number of carbonyl (C=O) groups excluding carboxylic acids is 10. The molecule has 1 aromatic rings. The number of ketones is 7. The Labute approximate surface area is 516 Å². The van der Waals surface area contributed by atoms with E-state index in [-0.39, 0.29) is 108 Å². The van der Waals surface area contributed by atoms with Crippen molar-refractivity contribution in [2.45, 2.75) is 244 Å². The molecule has 4 aliphatic heterocycles. The number of allylic oxidation sites excluding steroid dienone is 2. The number of nitrogens with two attached hydrogens (primary N) is 1. The average molecular weight is 1210 g/mol. The van der Waals surface area contributed by atoms with E-state index < -0.39 is 71.0 Å². The number of fused-ring (bicyclic) bond motifs is 6. The van der Waals surface area contributed by atoms with Crippen molar-refractivity contribution in [3.05, 3.63) is 49.6 Å². The van der Waals surface area contributed by atoms with Gasteiger partial charge >= 0.3 is 0 Å². The van der Waals surface area contributed by atoms with Gasteiger partial charge in [-0.3, -0.25) is 57.7 Å². The van der Waals surface area contributed by atoms with Crippen LogP contribution in [0.5, 0.6) is 0 Å². The lowest BCUT2D eigenvalue weighted by atomic mass is 9.79. The number of Topliss-reactive ketones (excluding diaryl/α,β-unsaturated/α-hetero) is 7. The number of nitrogens with zero attached hydrogens (tertiary/aromatic N) is 4. The predicted octanol–water partition coefficient (Wildman–Crippen LogP) is 10.1. The predicted molar refractivity (Wildman–Crippen MR) is 330 cm³/mol. The van der Waals surface area contributed by atoms with Crippen molar-refractivity contribution < 1.29 is 57.8 Å². The van der Waals surface area contributed by atoms with E-state index in [4.69, 9.17) is 15.6 Å². The third-order valence-corrected chi connectivity index (χ3v) is 20.8. The third kappa shape index (κ3) is 18.6. The summed E-state index contributed by atoms with van der Waals surface area (Å²) in [6.45, 7) is 16.6. The molecule has 3 saturated carbocycles. The van der Waals surface area contributed by atoms with Crippen LogP contribution >= 0.6 is 0 Å². The van der Waals surface area contributed by atoms with Gasteiger partial charge in [-0.2, -0.15) is 0 Å². The van der Waals surface area contributed by atoms with Crippen molar-refractivity contribution in [3.63, 3.8) is 0 Å². The molecule has 0 unspecified atom stereocenters. The lowest BCUT2D eigenvalue weighted by molar-refractivity contribution is -0.146. The maximum Gasteiger partial charge on any atom is 0.290 e. The Kier molecular flexibility index (Phi) is 27.1. The Morgan fingerprint density at radius 1 is 0.632 bits per heavy atom. The quantitative estimate of drug-likeness (QED) is 0.0788. The van der Waals surface area contributed by atoms with Gasteiger partial charge in [-0.15, -0.1) is 13.2 Å². The van der Waals surface area contributed by atoms with Crippen LogP contribution in [0.25, 0.3) is 0 Å². The standard InChI is InChI=1S/C41H58N4O6.C27H42N2O4.CH2O2/c1-4-5-20-32(46)38(49)28-18-12-9-7-6-8-10-13-19-29(40(51)45-26-30-35(41(30,2)3)37(45)34(48)23-28)24-33(47)36(27-16-14-11-15-17-27)44-39(50)31-25-42-21-22-43-31;1-4-5-15-21(30)25(32)18-13-11-9-7-6-8-10-12-14-20(28)26(33)29-17-19-23(27(19,2)3)24(29)22(31)16-18;2-1-3/h4,21-22,25,27-30,35-37H,1,5-20,23-24,26H2,2-3H3,(H,44,50);4,18-20,23-24H,1,5-17,28H2,2-3H3;1H,(H,2,3)/t28-,29-,30+,35+,36+,37-;18-,19+,20+,23+,24-;/m11./s1. The molecule has 480 valence electrons. The van der Waals surface area contributed by atoms with Gasteiger partial charge in [0.2, 0.25) is 23.4 Å². The lowest BCUT2D eigenvalue weighted by Crippen LogP contribution is -2.52. The van der Waals surface area contributed by atoms with Gasteiger partial charge in [0.15, 0.2) is 28.9 Å². The highest BCUT2D eigenvalue weighted by molar-refractivity contribution is 6.38. The number of aromatic nitrogens is 2. The lowest BCUT2D eigenvalue weighted by Gasteiger charge is -2.34. The van der Waals surface area contributed by atoms with Gasteiger partial charge in [-0.25, -0.2) is 4.98 Å². The van der Waals surface area contributed by atoms with Crippen LogP contribution in [0.1, 0.15) is 231 Å². The SMILES string of the molecule is C=CCCC(=O)C(=O)[C@@H]1CCCCCCCCC[C@H](CC(=O)[C@@H](NC(=O)c2cnccn2)C2CCCCC2)C(=O)N2C[C@H]3[C@@H]([C@H]2C(=O)C1)C3(C)C.C=CCCC(=O)C(=O)[C@@H]1CCCCCCCCC[C@H](N)C(=O)N2C[C@H]3[C@@H]([C@H]2C(=O)C1)C3(C)C.O=CO. The topological polar surface area (TPSA) is 278 Å².